The van der Waals surface area contributed by atoms with Gasteiger partial charge in [-0.25, -0.2) is 9.18 Å². The number of benzene rings is 3. The number of hydrogen-bond acceptors (Lipinski definition) is 3. The zero-order valence-electron chi connectivity index (χ0n) is 17.9. The van der Waals surface area contributed by atoms with E-state index in [2.05, 4.69) is 10.8 Å². The number of hydrogen-bond donors (Lipinski definition) is 1. The molecule has 0 saturated carbocycles. The predicted octanol–water partition coefficient (Wildman–Crippen LogP) is 6.49. The fourth-order valence-corrected chi connectivity index (χ4v) is 3.66. The Labute approximate surface area is 196 Å². The summed E-state index contributed by atoms with van der Waals surface area (Å²) in [5.41, 5.74) is 2.47. The molecule has 0 radical (unpaired) electrons. The Balaban J connectivity index is 1.81. The molecule has 0 fully saturated rings. The zero-order chi connectivity index (χ0) is 25.2. The maximum absolute atomic E-state index is 13.3. The van der Waals surface area contributed by atoms with Gasteiger partial charge in [0.15, 0.2) is 0 Å². The van der Waals surface area contributed by atoms with E-state index >= 15 is 0 Å². The summed E-state index contributed by atoms with van der Waals surface area (Å²) in [7, 11) is 0. The minimum atomic E-state index is -4.86. The van der Waals surface area contributed by atoms with Gasteiger partial charge >= 0.3 is 12.3 Å². The number of aromatic carboxylic acids is 1. The monoisotopic (exact) mass is 480 g/mol. The van der Waals surface area contributed by atoms with E-state index in [-0.39, 0.29) is 17.7 Å². The molecule has 4 aromatic rings. The quantitative estimate of drug-likeness (QED) is 0.253. The molecule has 0 aliphatic heterocycles. The second-order valence-corrected chi connectivity index (χ2v) is 7.62. The number of nitriles is 1. The number of nitrogens with zero attached hydrogens (tertiary/aromatic N) is 2. The summed E-state index contributed by atoms with van der Waals surface area (Å²) in [5.74, 6) is -1.91. The van der Waals surface area contributed by atoms with Crippen molar-refractivity contribution in [1.29, 1.82) is 5.26 Å². The largest absolute Gasteiger partial charge is 0.573 e. The van der Waals surface area contributed by atoms with Gasteiger partial charge in [-0.15, -0.1) is 13.2 Å². The van der Waals surface area contributed by atoms with Crippen molar-refractivity contribution in [3.63, 3.8) is 0 Å². The van der Waals surface area contributed by atoms with Crippen molar-refractivity contribution in [2.24, 2.45) is 0 Å². The normalized spacial score (nSPS) is 11.9. The van der Waals surface area contributed by atoms with Gasteiger partial charge in [0, 0.05) is 29.8 Å². The molecule has 0 amide bonds. The van der Waals surface area contributed by atoms with Crippen molar-refractivity contribution < 1.29 is 32.2 Å². The number of allylic oxidation sites excluding steroid dienone is 1. The Morgan fingerprint density at radius 3 is 2.29 bits per heavy atom. The number of fused-ring (bicyclic) bond motifs is 1. The van der Waals surface area contributed by atoms with Crippen LogP contribution in [-0.4, -0.2) is 22.0 Å². The van der Waals surface area contributed by atoms with Gasteiger partial charge in [-0.1, -0.05) is 24.3 Å². The molecule has 0 unspecified atom stereocenters. The first-order valence-corrected chi connectivity index (χ1v) is 10.2. The minimum Gasteiger partial charge on any atom is -0.478 e. The molecule has 1 heterocycles. The van der Waals surface area contributed by atoms with E-state index in [1.54, 1.807) is 29.0 Å². The number of ether oxygens (including phenoxy) is 1. The third-order valence-corrected chi connectivity index (χ3v) is 5.25. The van der Waals surface area contributed by atoms with Crippen LogP contribution in [0.25, 0.3) is 22.6 Å². The second-order valence-electron chi connectivity index (χ2n) is 7.62. The molecule has 0 bridgehead atoms. The van der Waals surface area contributed by atoms with Gasteiger partial charge in [0.05, 0.1) is 22.7 Å². The van der Waals surface area contributed by atoms with Gasteiger partial charge < -0.3 is 14.4 Å². The highest BCUT2D eigenvalue weighted by atomic mass is 19.4. The minimum absolute atomic E-state index is 0.0686. The van der Waals surface area contributed by atoms with Crippen LogP contribution >= 0.6 is 0 Å². The number of carbonyl (C=O) groups is 1. The van der Waals surface area contributed by atoms with Crippen LogP contribution in [0.2, 0.25) is 0 Å². The molecule has 5 nitrogen and oxygen atoms in total. The van der Waals surface area contributed by atoms with Crippen molar-refractivity contribution in [2.45, 2.75) is 12.9 Å². The molecular weight excluding hydrogens is 464 g/mol. The van der Waals surface area contributed by atoms with Crippen LogP contribution in [0.3, 0.4) is 0 Å². The molecule has 0 aliphatic rings. The summed E-state index contributed by atoms with van der Waals surface area (Å²) >= 11 is 0. The van der Waals surface area contributed by atoms with Crippen LogP contribution in [0.5, 0.6) is 5.75 Å². The highest BCUT2D eigenvalue weighted by Crippen LogP contribution is 2.32. The molecule has 9 heteroatoms. The number of aromatic nitrogens is 1. The van der Waals surface area contributed by atoms with E-state index in [1.165, 1.54) is 54.6 Å². The predicted molar refractivity (Wildman–Crippen MR) is 121 cm³/mol. The third kappa shape index (κ3) is 5.50. The van der Waals surface area contributed by atoms with Crippen LogP contribution in [-0.2, 0) is 6.54 Å². The highest BCUT2D eigenvalue weighted by molar-refractivity contribution is 5.99. The summed E-state index contributed by atoms with van der Waals surface area (Å²) < 4.78 is 57.4. The van der Waals surface area contributed by atoms with Crippen LogP contribution in [0.4, 0.5) is 17.6 Å². The van der Waals surface area contributed by atoms with Crippen molar-refractivity contribution in [2.75, 3.05) is 0 Å². The van der Waals surface area contributed by atoms with Crippen molar-refractivity contribution in [3.8, 4) is 11.8 Å². The lowest BCUT2D eigenvalue weighted by Crippen LogP contribution is -2.17. The van der Waals surface area contributed by atoms with Gasteiger partial charge in [0.2, 0.25) is 0 Å². The molecule has 1 N–H and O–H groups in total. The molecule has 0 spiro atoms. The number of alkyl halides is 3. The first kappa shape index (κ1) is 23.6. The van der Waals surface area contributed by atoms with Gasteiger partial charge in [-0.2, -0.15) is 5.26 Å². The number of carboxylic acids is 1. The van der Waals surface area contributed by atoms with Gasteiger partial charge in [0.25, 0.3) is 0 Å². The lowest BCUT2D eigenvalue weighted by Gasteiger charge is -2.10. The maximum atomic E-state index is 13.3. The van der Waals surface area contributed by atoms with Crippen LogP contribution in [0.1, 0.15) is 27.0 Å². The Bertz CT molecular complexity index is 1460. The fraction of sp³-hybridized carbons (Fsp3) is 0.0769. The summed E-state index contributed by atoms with van der Waals surface area (Å²) in [6, 6.07) is 17.4. The summed E-state index contributed by atoms with van der Waals surface area (Å²) in [5, 5.41) is 19.3. The average Bonchev–Trinajstić information content (AvgIpc) is 3.14. The SMILES string of the molecule is N#CC(=Cc1cn(Cc2ccc(F)cc2)c2cc(OC(F)(F)F)ccc12)c1ccc(C(=O)O)cc1. The van der Waals surface area contributed by atoms with Crippen molar-refractivity contribution in [1.82, 2.24) is 4.57 Å². The fourth-order valence-electron chi connectivity index (χ4n) is 3.66. The Morgan fingerprint density at radius 2 is 1.69 bits per heavy atom. The first-order valence-electron chi connectivity index (χ1n) is 10.2. The van der Waals surface area contributed by atoms with E-state index in [0.29, 0.717) is 27.6 Å². The number of rotatable bonds is 6. The second kappa shape index (κ2) is 9.35. The lowest BCUT2D eigenvalue weighted by atomic mass is 10.0. The van der Waals surface area contributed by atoms with Crippen LogP contribution in [0, 0.1) is 17.1 Å². The summed E-state index contributed by atoms with van der Waals surface area (Å²) in [6.07, 6.45) is -1.61. The van der Waals surface area contributed by atoms with E-state index in [4.69, 9.17) is 5.11 Å². The third-order valence-electron chi connectivity index (χ3n) is 5.25. The summed E-state index contributed by atoms with van der Waals surface area (Å²) in [6.45, 7) is 0.231. The Hall–Kier alpha value is -4.58. The molecule has 0 aliphatic carbocycles. The smallest absolute Gasteiger partial charge is 0.478 e. The Kier molecular flexibility index (Phi) is 6.30. The molecule has 0 saturated heterocycles. The lowest BCUT2D eigenvalue weighted by molar-refractivity contribution is -0.274. The molecule has 176 valence electrons. The highest BCUT2D eigenvalue weighted by Gasteiger charge is 2.31. The molecule has 3 aromatic carbocycles. The topological polar surface area (TPSA) is 75.2 Å². The van der Waals surface area contributed by atoms with Gasteiger partial charge in [-0.05, 0) is 53.6 Å². The van der Waals surface area contributed by atoms with Crippen molar-refractivity contribution >= 4 is 28.5 Å². The molecule has 4 rings (SSSR count). The number of halogens is 4. The van der Waals surface area contributed by atoms with Gasteiger partial charge in [0.1, 0.15) is 11.6 Å². The molecule has 35 heavy (non-hydrogen) atoms. The summed E-state index contributed by atoms with van der Waals surface area (Å²) in [4.78, 5) is 11.1. The van der Waals surface area contributed by atoms with E-state index in [9.17, 15) is 27.6 Å². The van der Waals surface area contributed by atoms with E-state index in [1.807, 2.05) is 0 Å². The molecule has 0 atom stereocenters. The average molecular weight is 480 g/mol. The standard InChI is InChI=1S/C26H16F4N2O3/c27-21-7-1-16(2-8-21)14-32-15-20(23-10-9-22(12-24(23)32)35-26(28,29)30)11-19(13-31)17-3-5-18(6-4-17)25(33)34/h1-12,15H,14H2,(H,33,34). The first-order chi connectivity index (χ1) is 16.6. The zero-order valence-corrected chi connectivity index (χ0v) is 17.9. The van der Waals surface area contributed by atoms with Crippen LogP contribution < -0.4 is 4.74 Å². The van der Waals surface area contributed by atoms with Crippen LogP contribution in [0.15, 0.2) is 72.9 Å². The molecule has 1 aromatic heterocycles. The Morgan fingerprint density at radius 1 is 1.03 bits per heavy atom. The van der Waals surface area contributed by atoms with Crippen molar-refractivity contribution in [3.05, 3.63) is 101 Å². The van der Waals surface area contributed by atoms with E-state index in [0.717, 1.165) is 0 Å². The van der Waals surface area contributed by atoms with E-state index < -0.39 is 23.9 Å². The number of carboxylic acid groups (broad SMARTS) is 1. The molecular formula is C26H16F4N2O3. The maximum Gasteiger partial charge on any atom is 0.573 e. The van der Waals surface area contributed by atoms with Gasteiger partial charge in [-0.3, -0.25) is 0 Å².